The van der Waals surface area contributed by atoms with Crippen molar-refractivity contribution in [1.29, 1.82) is 0 Å². The van der Waals surface area contributed by atoms with Crippen LogP contribution in [0.1, 0.15) is 43.7 Å². The van der Waals surface area contributed by atoms with Crippen molar-refractivity contribution in [3.63, 3.8) is 0 Å². The zero-order chi connectivity index (χ0) is 16.3. The Labute approximate surface area is 128 Å². The van der Waals surface area contributed by atoms with Gasteiger partial charge in [-0.15, -0.1) is 0 Å². The second-order valence-electron chi connectivity index (χ2n) is 6.33. The van der Waals surface area contributed by atoms with Crippen LogP contribution in [0.2, 0.25) is 0 Å². The predicted octanol–water partition coefficient (Wildman–Crippen LogP) is 2.81. The maximum atomic E-state index is 13.6. The average Bonchev–Trinajstić information content (AvgIpc) is 2.86. The van der Waals surface area contributed by atoms with Gasteiger partial charge in [0.15, 0.2) is 0 Å². The number of nitrogens with one attached hydrogen (secondary N) is 2. The Morgan fingerprint density at radius 2 is 2.05 bits per heavy atom. The van der Waals surface area contributed by atoms with Crippen molar-refractivity contribution in [3.05, 3.63) is 52.9 Å². The Bertz CT molecular complexity index is 635. The van der Waals surface area contributed by atoms with Crippen molar-refractivity contribution < 1.29 is 13.9 Å². The molecule has 3 N–H and O–H groups in total. The van der Waals surface area contributed by atoms with E-state index in [9.17, 15) is 13.9 Å². The van der Waals surface area contributed by atoms with E-state index in [1.54, 1.807) is 6.20 Å². The van der Waals surface area contributed by atoms with Gasteiger partial charge < -0.3 is 10.4 Å². The highest BCUT2D eigenvalue weighted by atomic mass is 19.1. The number of benzene rings is 1. The van der Waals surface area contributed by atoms with E-state index in [1.807, 2.05) is 0 Å². The van der Waals surface area contributed by atoms with Gasteiger partial charge in [-0.1, -0.05) is 26.8 Å². The van der Waals surface area contributed by atoms with Gasteiger partial charge in [-0.25, -0.2) is 8.78 Å². The van der Waals surface area contributed by atoms with Crippen LogP contribution in [0.3, 0.4) is 0 Å². The average molecular weight is 309 g/mol. The zero-order valence-corrected chi connectivity index (χ0v) is 13.0. The van der Waals surface area contributed by atoms with Crippen molar-refractivity contribution in [2.24, 2.45) is 0 Å². The van der Waals surface area contributed by atoms with Crippen molar-refractivity contribution >= 4 is 0 Å². The first-order valence-corrected chi connectivity index (χ1v) is 7.15. The van der Waals surface area contributed by atoms with E-state index < -0.39 is 17.7 Å². The predicted molar refractivity (Wildman–Crippen MR) is 80.3 cm³/mol. The molecule has 0 saturated heterocycles. The number of aliphatic hydroxyl groups is 1. The summed E-state index contributed by atoms with van der Waals surface area (Å²) in [4.78, 5) is 0. The van der Waals surface area contributed by atoms with Crippen LogP contribution in [0, 0.1) is 11.6 Å². The third-order valence-electron chi connectivity index (χ3n) is 3.44. The first-order valence-electron chi connectivity index (χ1n) is 7.15. The first kappa shape index (κ1) is 16.6. The summed E-state index contributed by atoms with van der Waals surface area (Å²) in [5.74, 6) is -1.40. The Balaban J connectivity index is 1.95. The molecule has 1 atom stereocenters. The molecular formula is C16H21F2N3O. The molecule has 4 nitrogen and oxygen atoms in total. The number of aliphatic hydroxyl groups excluding tert-OH is 1. The third kappa shape index (κ3) is 3.90. The normalized spacial score (nSPS) is 13.4. The summed E-state index contributed by atoms with van der Waals surface area (Å²) >= 11 is 0. The fourth-order valence-corrected chi connectivity index (χ4v) is 2.32. The van der Waals surface area contributed by atoms with Gasteiger partial charge in [0.25, 0.3) is 0 Å². The van der Waals surface area contributed by atoms with E-state index in [4.69, 9.17) is 0 Å². The van der Waals surface area contributed by atoms with Gasteiger partial charge in [-0.05, 0) is 6.07 Å². The third-order valence-corrected chi connectivity index (χ3v) is 3.44. The highest BCUT2D eigenvalue weighted by Gasteiger charge is 2.20. The van der Waals surface area contributed by atoms with Crippen LogP contribution in [0.15, 0.2) is 24.4 Å². The standard InChI is InChI=1S/C16H21F2N3O/c1-16(2,3)15-10(8-20-21-15)7-19-9-14(22)12-5-4-11(17)6-13(12)18/h4-6,8,14,19,22H,7,9H2,1-3H3,(H,20,21)/t14-/m1/s1. The van der Waals surface area contributed by atoms with Gasteiger partial charge in [0.05, 0.1) is 12.3 Å². The van der Waals surface area contributed by atoms with Gasteiger partial charge in [-0.2, -0.15) is 5.10 Å². The van der Waals surface area contributed by atoms with Crippen LogP contribution in [-0.2, 0) is 12.0 Å². The van der Waals surface area contributed by atoms with Gasteiger partial charge in [0, 0.05) is 41.4 Å². The zero-order valence-electron chi connectivity index (χ0n) is 13.0. The van der Waals surface area contributed by atoms with Crippen molar-refractivity contribution in [2.45, 2.75) is 38.8 Å². The molecule has 0 unspecified atom stereocenters. The van der Waals surface area contributed by atoms with E-state index in [0.29, 0.717) is 6.54 Å². The number of hydrogen-bond acceptors (Lipinski definition) is 3. The maximum Gasteiger partial charge on any atom is 0.131 e. The van der Waals surface area contributed by atoms with Crippen LogP contribution in [-0.4, -0.2) is 21.8 Å². The molecule has 0 spiro atoms. The lowest BCUT2D eigenvalue weighted by molar-refractivity contribution is 0.169. The van der Waals surface area contributed by atoms with E-state index in [2.05, 4.69) is 36.3 Å². The molecule has 0 radical (unpaired) electrons. The van der Waals surface area contributed by atoms with Crippen LogP contribution in [0.4, 0.5) is 8.78 Å². The SMILES string of the molecule is CC(C)(C)c1[nH]ncc1CNC[C@@H](O)c1ccc(F)cc1F. The summed E-state index contributed by atoms with van der Waals surface area (Å²) in [6.07, 6.45) is 0.698. The molecule has 1 aromatic heterocycles. The Morgan fingerprint density at radius 3 is 2.68 bits per heavy atom. The quantitative estimate of drug-likeness (QED) is 0.796. The van der Waals surface area contributed by atoms with Crippen LogP contribution < -0.4 is 5.32 Å². The highest BCUT2D eigenvalue weighted by Crippen LogP contribution is 2.23. The molecule has 120 valence electrons. The molecule has 2 aromatic rings. The number of rotatable bonds is 5. The largest absolute Gasteiger partial charge is 0.387 e. The minimum absolute atomic E-state index is 0.0603. The fourth-order valence-electron chi connectivity index (χ4n) is 2.32. The van der Waals surface area contributed by atoms with Crippen LogP contribution >= 0.6 is 0 Å². The summed E-state index contributed by atoms with van der Waals surface area (Å²) < 4.78 is 26.4. The second-order valence-corrected chi connectivity index (χ2v) is 6.33. The lowest BCUT2D eigenvalue weighted by Gasteiger charge is -2.19. The number of aromatic amines is 1. The molecule has 1 aromatic carbocycles. The second kappa shape index (κ2) is 6.54. The van der Waals surface area contributed by atoms with Crippen molar-refractivity contribution in [3.8, 4) is 0 Å². The van der Waals surface area contributed by atoms with Crippen LogP contribution in [0.5, 0.6) is 0 Å². The summed E-state index contributed by atoms with van der Waals surface area (Å²) in [6.45, 7) is 6.90. The molecule has 6 heteroatoms. The van der Waals surface area contributed by atoms with Crippen LogP contribution in [0.25, 0.3) is 0 Å². The summed E-state index contributed by atoms with van der Waals surface area (Å²) in [5, 5.41) is 20.1. The van der Waals surface area contributed by atoms with Gasteiger partial charge >= 0.3 is 0 Å². The highest BCUT2D eigenvalue weighted by molar-refractivity contribution is 5.24. The molecule has 0 aliphatic carbocycles. The Kier molecular flexibility index (Phi) is 4.93. The number of halogens is 2. The smallest absolute Gasteiger partial charge is 0.131 e. The molecule has 22 heavy (non-hydrogen) atoms. The number of H-pyrrole nitrogens is 1. The van der Waals surface area contributed by atoms with E-state index >= 15 is 0 Å². The van der Waals surface area contributed by atoms with Gasteiger partial charge in [0.2, 0.25) is 0 Å². The number of hydrogen-bond donors (Lipinski definition) is 3. The van der Waals surface area contributed by atoms with E-state index in [1.165, 1.54) is 6.07 Å². The summed E-state index contributed by atoms with van der Waals surface area (Å²) in [6, 6.07) is 3.16. The molecular weight excluding hydrogens is 288 g/mol. The lowest BCUT2D eigenvalue weighted by Crippen LogP contribution is -2.23. The molecule has 0 aliphatic rings. The first-order chi connectivity index (χ1) is 10.3. The van der Waals surface area contributed by atoms with Gasteiger partial charge in [0.1, 0.15) is 11.6 Å². The monoisotopic (exact) mass is 309 g/mol. The molecule has 1 heterocycles. The minimum Gasteiger partial charge on any atom is -0.387 e. The Morgan fingerprint density at radius 1 is 1.32 bits per heavy atom. The minimum atomic E-state index is -1.04. The Hall–Kier alpha value is -1.79. The summed E-state index contributed by atoms with van der Waals surface area (Å²) in [7, 11) is 0. The number of aromatic nitrogens is 2. The molecule has 0 bridgehead atoms. The molecule has 0 aliphatic heterocycles. The molecule has 0 saturated carbocycles. The summed E-state index contributed by atoms with van der Waals surface area (Å²) in [5.41, 5.74) is 2.04. The number of nitrogens with zero attached hydrogens (tertiary/aromatic N) is 1. The maximum absolute atomic E-state index is 13.6. The van der Waals surface area contributed by atoms with E-state index in [-0.39, 0.29) is 17.5 Å². The van der Waals surface area contributed by atoms with Gasteiger partial charge in [-0.3, -0.25) is 5.10 Å². The lowest BCUT2D eigenvalue weighted by atomic mass is 9.89. The fraction of sp³-hybridized carbons (Fsp3) is 0.438. The van der Waals surface area contributed by atoms with Crippen molar-refractivity contribution in [1.82, 2.24) is 15.5 Å². The van der Waals surface area contributed by atoms with E-state index in [0.717, 1.165) is 23.4 Å². The van der Waals surface area contributed by atoms with Crippen molar-refractivity contribution in [2.75, 3.05) is 6.54 Å². The topological polar surface area (TPSA) is 60.9 Å². The molecule has 0 fully saturated rings. The molecule has 0 amide bonds. The molecule has 2 rings (SSSR count).